The fraction of sp³-hybridized carbons (Fsp3) is 0.875. The summed E-state index contributed by atoms with van der Waals surface area (Å²) in [4.78, 5) is 18.5. The Morgan fingerprint density at radius 2 is 1.91 bits per heavy atom. The molecule has 0 unspecified atom stereocenters. The first kappa shape index (κ1) is 17.2. The third-order valence-electron chi connectivity index (χ3n) is 4.08. The van der Waals surface area contributed by atoms with Crippen LogP contribution in [0.1, 0.15) is 33.6 Å². The largest absolute Gasteiger partial charge is 0.448 e. The van der Waals surface area contributed by atoms with Crippen LogP contribution in [0, 0.1) is 11.3 Å². The number of amides is 1. The number of morpholine rings is 1. The van der Waals surface area contributed by atoms with E-state index in [1.807, 2.05) is 0 Å². The molecule has 0 atom stereocenters. The average molecular weight is 311 g/mol. The SMILES string of the molecule is CC(C)(C)C(=NC(=O)OCC1CCNCC1)N1CCOCC1. The van der Waals surface area contributed by atoms with E-state index in [1.54, 1.807) is 0 Å². The summed E-state index contributed by atoms with van der Waals surface area (Å²) in [5.41, 5.74) is -0.189. The quantitative estimate of drug-likeness (QED) is 0.623. The molecule has 0 bridgehead atoms. The van der Waals surface area contributed by atoms with Gasteiger partial charge in [-0.2, -0.15) is 4.99 Å². The van der Waals surface area contributed by atoms with Crippen molar-refractivity contribution in [2.45, 2.75) is 33.6 Å². The topological polar surface area (TPSA) is 63.2 Å². The van der Waals surface area contributed by atoms with Gasteiger partial charge in [0.05, 0.1) is 19.8 Å². The van der Waals surface area contributed by atoms with Crippen LogP contribution in [-0.2, 0) is 9.47 Å². The van der Waals surface area contributed by atoms with Crippen LogP contribution in [0.3, 0.4) is 0 Å². The lowest BCUT2D eigenvalue weighted by Crippen LogP contribution is -2.46. The van der Waals surface area contributed by atoms with E-state index in [4.69, 9.17) is 9.47 Å². The van der Waals surface area contributed by atoms with Gasteiger partial charge in [-0.1, -0.05) is 20.8 Å². The number of nitrogens with zero attached hydrogens (tertiary/aromatic N) is 2. The maximum Gasteiger partial charge on any atom is 0.435 e. The summed E-state index contributed by atoms with van der Waals surface area (Å²) < 4.78 is 10.8. The van der Waals surface area contributed by atoms with Crippen LogP contribution in [0.5, 0.6) is 0 Å². The molecule has 126 valence electrons. The van der Waals surface area contributed by atoms with E-state index < -0.39 is 6.09 Å². The van der Waals surface area contributed by atoms with Gasteiger partial charge in [0.1, 0.15) is 5.84 Å². The van der Waals surface area contributed by atoms with Crippen molar-refractivity contribution in [3.63, 3.8) is 0 Å². The maximum absolute atomic E-state index is 12.1. The maximum atomic E-state index is 12.1. The van der Waals surface area contributed by atoms with Gasteiger partial charge in [-0.25, -0.2) is 4.79 Å². The number of ether oxygens (including phenoxy) is 2. The van der Waals surface area contributed by atoms with Crippen molar-refractivity contribution in [1.82, 2.24) is 10.2 Å². The molecule has 22 heavy (non-hydrogen) atoms. The fourth-order valence-electron chi connectivity index (χ4n) is 2.84. The van der Waals surface area contributed by atoms with Crippen LogP contribution < -0.4 is 5.32 Å². The highest BCUT2D eigenvalue weighted by Gasteiger charge is 2.28. The molecule has 6 nitrogen and oxygen atoms in total. The summed E-state index contributed by atoms with van der Waals surface area (Å²) in [5.74, 6) is 1.26. The minimum Gasteiger partial charge on any atom is -0.448 e. The van der Waals surface area contributed by atoms with Crippen LogP contribution >= 0.6 is 0 Å². The molecule has 6 heteroatoms. The molecule has 1 N–H and O–H groups in total. The predicted molar refractivity (Wildman–Crippen MR) is 86.2 cm³/mol. The number of carbonyl (C=O) groups is 1. The van der Waals surface area contributed by atoms with Gasteiger partial charge in [0.25, 0.3) is 0 Å². The van der Waals surface area contributed by atoms with E-state index >= 15 is 0 Å². The number of hydrogen-bond donors (Lipinski definition) is 1. The summed E-state index contributed by atoms with van der Waals surface area (Å²) in [6.07, 6.45) is 1.66. The summed E-state index contributed by atoms with van der Waals surface area (Å²) >= 11 is 0. The van der Waals surface area contributed by atoms with Crippen LogP contribution in [0.15, 0.2) is 4.99 Å². The lowest BCUT2D eigenvalue weighted by Gasteiger charge is -2.35. The number of rotatable bonds is 2. The van der Waals surface area contributed by atoms with Crippen molar-refractivity contribution < 1.29 is 14.3 Å². The van der Waals surface area contributed by atoms with Gasteiger partial charge in [-0.15, -0.1) is 0 Å². The fourth-order valence-corrected chi connectivity index (χ4v) is 2.84. The zero-order valence-corrected chi connectivity index (χ0v) is 14.1. The molecular formula is C16H29N3O3. The van der Waals surface area contributed by atoms with E-state index in [0.717, 1.165) is 44.9 Å². The second kappa shape index (κ2) is 7.92. The van der Waals surface area contributed by atoms with Crippen molar-refractivity contribution in [3.8, 4) is 0 Å². The summed E-state index contributed by atoms with van der Waals surface area (Å²) in [5, 5.41) is 3.31. The van der Waals surface area contributed by atoms with E-state index in [-0.39, 0.29) is 5.41 Å². The molecule has 2 rings (SSSR count). The molecule has 0 aliphatic carbocycles. The molecule has 0 spiro atoms. The zero-order valence-electron chi connectivity index (χ0n) is 14.1. The summed E-state index contributed by atoms with van der Waals surface area (Å²) in [6, 6.07) is 0. The van der Waals surface area contributed by atoms with Gasteiger partial charge in [0.2, 0.25) is 0 Å². The monoisotopic (exact) mass is 311 g/mol. The highest BCUT2D eigenvalue weighted by molar-refractivity contribution is 5.95. The van der Waals surface area contributed by atoms with Crippen LogP contribution in [0.25, 0.3) is 0 Å². The molecular weight excluding hydrogens is 282 g/mol. The Morgan fingerprint density at radius 3 is 2.50 bits per heavy atom. The van der Waals surface area contributed by atoms with Gasteiger partial charge in [0.15, 0.2) is 0 Å². The third-order valence-corrected chi connectivity index (χ3v) is 4.08. The van der Waals surface area contributed by atoms with Gasteiger partial charge in [0, 0.05) is 18.5 Å². The van der Waals surface area contributed by atoms with E-state index in [2.05, 4.69) is 36.0 Å². The molecule has 0 aromatic rings. The third kappa shape index (κ3) is 5.25. The highest BCUT2D eigenvalue weighted by Crippen LogP contribution is 2.21. The normalized spacial score (nSPS) is 21.8. The van der Waals surface area contributed by atoms with Crippen LogP contribution in [-0.4, -0.2) is 62.8 Å². The number of carbonyl (C=O) groups excluding carboxylic acids is 1. The lowest BCUT2D eigenvalue weighted by atomic mass is 9.93. The van der Waals surface area contributed by atoms with E-state index in [9.17, 15) is 4.79 Å². The van der Waals surface area contributed by atoms with Crippen molar-refractivity contribution in [3.05, 3.63) is 0 Å². The Balaban J connectivity index is 1.93. The number of hydrogen-bond acceptors (Lipinski definition) is 4. The van der Waals surface area contributed by atoms with Gasteiger partial charge in [-0.3, -0.25) is 0 Å². The molecule has 2 aliphatic rings. The second-order valence-corrected chi connectivity index (χ2v) is 7.06. The van der Waals surface area contributed by atoms with Gasteiger partial charge >= 0.3 is 6.09 Å². The minimum absolute atomic E-state index is 0.189. The standard InChI is InChI=1S/C16H29N3O3/c1-16(2,3)14(19-8-10-21-11-9-19)18-15(20)22-12-13-4-6-17-7-5-13/h13,17H,4-12H2,1-3H3. The number of aliphatic imine (C=N–C) groups is 1. The Hall–Kier alpha value is -1.14. The van der Waals surface area contributed by atoms with Gasteiger partial charge < -0.3 is 19.7 Å². The summed E-state index contributed by atoms with van der Waals surface area (Å²) in [7, 11) is 0. The first-order chi connectivity index (χ1) is 10.5. The molecule has 2 fully saturated rings. The van der Waals surface area contributed by atoms with Crippen LogP contribution in [0.4, 0.5) is 4.79 Å². The van der Waals surface area contributed by atoms with E-state index in [0.29, 0.717) is 25.7 Å². The number of amidine groups is 1. The Bertz CT molecular complexity index is 392. The Morgan fingerprint density at radius 1 is 1.27 bits per heavy atom. The molecule has 0 saturated carbocycles. The van der Waals surface area contributed by atoms with Crippen LogP contribution in [0.2, 0.25) is 0 Å². The molecule has 0 aromatic carbocycles. The smallest absolute Gasteiger partial charge is 0.435 e. The van der Waals surface area contributed by atoms with Gasteiger partial charge in [-0.05, 0) is 31.8 Å². The lowest BCUT2D eigenvalue weighted by molar-refractivity contribution is 0.0641. The minimum atomic E-state index is -0.463. The molecule has 2 heterocycles. The molecule has 2 saturated heterocycles. The van der Waals surface area contributed by atoms with E-state index in [1.165, 1.54) is 0 Å². The Kier molecular flexibility index (Phi) is 6.20. The number of piperidine rings is 1. The van der Waals surface area contributed by atoms with Crippen molar-refractivity contribution in [2.24, 2.45) is 16.3 Å². The summed E-state index contributed by atoms with van der Waals surface area (Å²) in [6.45, 7) is 11.6. The average Bonchev–Trinajstić information content (AvgIpc) is 2.51. The van der Waals surface area contributed by atoms with Crippen molar-refractivity contribution >= 4 is 11.9 Å². The molecule has 0 radical (unpaired) electrons. The number of nitrogens with one attached hydrogen (secondary N) is 1. The highest BCUT2D eigenvalue weighted by atomic mass is 16.5. The first-order valence-corrected chi connectivity index (χ1v) is 8.26. The zero-order chi connectivity index (χ0) is 16.0. The molecule has 0 aromatic heterocycles. The first-order valence-electron chi connectivity index (χ1n) is 8.26. The predicted octanol–water partition coefficient (Wildman–Crippen LogP) is 1.90. The molecule has 2 aliphatic heterocycles. The Labute approximate surface area is 133 Å². The van der Waals surface area contributed by atoms with Crippen molar-refractivity contribution in [2.75, 3.05) is 46.0 Å². The molecule has 1 amide bonds. The second-order valence-electron chi connectivity index (χ2n) is 7.06. The van der Waals surface area contributed by atoms with Crippen molar-refractivity contribution in [1.29, 1.82) is 0 Å².